The van der Waals surface area contributed by atoms with Crippen molar-refractivity contribution < 1.29 is 4.74 Å². The molecule has 0 radical (unpaired) electrons. The van der Waals surface area contributed by atoms with Crippen molar-refractivity contribution in [2.75, 3.05) is 19.1 Å². The van der Waals surface area contributed by atoms with Gasteiger partial charge in [0.2, 0.25) is 0 Å². The van der Waals surface area contributed by atoms with E-state index in [1.807, 2.05) is 11.9 Å². The Labute approximate surface area is 142 Å². The topological polar surface area (TPSA) is 24.8 Å². The minimum Gasteiger partial charge on any atom is -0.368 e. The number of fused-ring (bicyclic) bond motifs is 3. The number of benzene rings is 1. The Kier molecular flexibility index (Phi) is 3.36. The van der Waals surface area contributed by atoms with Crippen molar-refractivity contribution in [1.29, 1.82) is 0 Å². The Morgan fingerprint density at radius 1 is 1.22 bits per heavy atom. The molecule has 1 aromatic rings. The quantitative estimate of drug-likeness (QED) is 0.771. The maximum atomic E-state index is 5.61. The molecule has 4 aliphatic rings. The summed E-state index contributed by atoms with van der Waals surface area (Å²) in [5.74, 6) is 2.19. The van der Waals surface area contributed by atoms with Crippen LogP contribution in [0.1, 0.15) is 43.6 Å². The van der Waals surface area contributed by atoms with Crippen molar-refractivity contribution in [2.45, 2.75) is 49.1 Å². The van der Waals surface area contributed by atoms with Crippen molar-refractivity contribution in [3.8, 4) is 0 Å². The number of nitrogens with zero attached hydrogens (tertiary/aromatic N) is 2. The number of aliphatic imine (C=N–C) groups is 1. The van der Waals surface area contributed by atoms with Gasteiger partial charge >= 0.3 is 0 Å². The Morgan fingerprint density at radius 3 is 2.87 bits per heavy atom. The van der Waals surface area contributed by atoms with E-state index in [9.17, 15) is 0 Å². The zero-order valence-electron chi connectivity index (χ0n) is 13.5. The van der Waals surface area contributed by atoms with Crippen molar-refractivity contribution >= 4 is 18.2 Å². The molecule has 5 rings (SSSR count). The van der Waals surface area contributed by atoms with Crippen molar-refractivity contribution in [2.24, 2.45) is 10.9 Å². The van der Waals surface area contributed by atoms with E-state index < -0.39 is 0 Å². The fourth-order valence-electron chi connectivity index (χ4n) is 5.94. The second kappa shape index (κ2) is 5.33. The average molecular weight is 328 g/mol. The molecule has 23 heavy (non-hydrogen) atoms. The van der Waals surface area contributed by atoms with Gasteiger partial charge in [-0.05, 0) is 61.7 Å². The first kappa shape index (κ1) is 14.5. The Hall–Kier alpha value is -0.840. The number of ether oxygens (including phenoxy) is 1. The summed E-state index contributed by atoms with van der Waals surface area (Å²) >= 11 is 1.91. The van der Waals surface area contributed by atoms with Crippen LogP contribution in [0.15, 0.2) is 35.3 Å². The van der Waals surface area contributed by atoms with E-state index >= 15 is 0 Å². The number of rotatable bonds is 2. The lowest BCUT2D eigenvalue weighted by molar-refractivity contribution is 0.0549. The predicted octanol–water partition coefficient (Wildman–Crippen LogP) is 3.86. The minimum atomic E-state index is 0.0988. The van der Waals surface area contributed by atoms with Gasteiger partial charge in [0.1, 0.15) is 5.94 Å². The molecule has 4 heteroatoms. The molecule has 122 valence electrons. The molecule has 0 N–H and O–H groups in total. The Morgan fingerprint density at radius 2 is 2.13 bits per heavy atom. The van der Waals surface area contributed by atoms with E-state index in [4.69, 9.17) is 9.73 Å². The van der Waals surface area contributed by atoms with Crippen LogP contribution in [0.5, 0.6) is 0 Å². The summed E-state index contributed by atoms with van der Waals surface area (Å²) in [6.45, 7) is 1.92. The van der Waals surface area contributed by atoms with Gasteiger partial charge in [-0.15, -0.1) is 0 Å². The highest BCUT2D eigenvalue weighted by Crippen LogP contribution is 2.68. The van der Waals surface area contributed by atoms with E-state index in [1.165, 1.54) is 31.2 Å². The normalized spacial score (nSPS) is 42.8. The molecule has 4 atom stereocenters. The molecule has 2 saturated carbocycles. The lowest BCUT2D eigenvalue weighted by atomic mass is 9.65. The van der Waals surface area contributed by atoms with Crippen molar-refractivity contribution in [3.63, 3.8) is 0 Å². The molecule has 1 aromatic carbocycles. The van der Waals surface area contributed by atoms with Crippen LogP contribution in [0, 0.1) is 5.92 Å². The van der Waals surface area contributed by atoms with Crippen LogP contribution in [-0.2, 0) is 4.74 Å². The average Bonchev–Trinajstić information content (AvgIpc) is 3.32. The second-order valence-corrected chi connectivity index (χ2v) is 8.39. The molecule has 3 fully saturated rings. The summed E-state index contributed by atoms with van der Waals surface area (Å²) in [7, 11) is 0. The molecule has 2 heterocycles. The van der Waals surface area contributed by atoms with Crippen LogP contribution in [0.2, 0.25) is 0 Å². The summed E-state index contributed by atoms with van der Waals surface area (Å²) in [4.78, 5) is 5.23. The van der Waals surface area contributed by atoms with Gasteiger partial charge in [0.05, 0.1) is 17.7 Å². The van der Waals surface area contributed by atoms with E-state index in [2.05, 4.69) is 40.9 Å². The van der Waals surface area contributed by atoms with Crippen molar-refractivity contribution in [1.82, 2.24) is 4.31 Å². The highest BCUT2D eigenvalue weighted by atomic mass is 32.2. The van der Waals surface area contributed by atoms with Gasteiger partial charge in [0.25, 0.3) is 0 Å². The summed E-state index contributed by atoms with van der Waals surface area (Å²) in [5, 5.41) is 0. The van der Waals surface area contributed by atoms with Crippen LogP contribution in [-0.4, -0.2) is 40.7 Å². The van der Waals surface area contributed by atoms with E-state index in [-0.39, 0.29) is 11.1 Å². The molecule has 1 saturated heterocycles. The van der Waals surface area contributed by atoms with Gasteiger partial charge in [-0.1, -0.05) is 30.3 Å². The zero-order valence-corrected chi connectivity index (χ0v) is 14.3. The highest BCUT2D eigenvalue weighted by Gasteiger charge is 2.70. The molecule has 1 spiro atoms. The Bertz CT molecular complexity index is 615. The van der Waals surface area contributed by atoms with Crippen LogP contribution in [0.4, 0.5) is 0 Å². The van der Waals surface area contributed by atoms with Gasteiger partial charge < -0.3 is 4.74 Å². The van der Waals surface area contributed by atoms with Crippen LogP contribution >= 0.6 is 11.9 Å². The molecule has 3 nitrogen and oxygen atoms in total. The molecule has 4 unspecified atom stereocenters. The molecule has 2 aliphatic carbocycles. The summed E-state index contributed by atoms with van der Waals surface area (Å²) < 4.78 is 8.29. The maximum absolute atomic E-state index is 5.61. The SMILES string of the molecule is C1=NC2(CC1)C(c1ccccc1)C1CCC2(N2CCOCS2)C1. The minimum absolute atomic E-state index is 0.0988. The lowest BCUT2D eigenvalue weighted by Crippen LogP contribution is -2.60. The predicted molar refractivity (Wildman–Crippen MR) is 94.8 cm³/mol. The first-order valence-electron chi connectivity index (χ1n) is 8.93. The highest BCUT2D eigenvalue weighted by molar-refractivity contribution is 7.96. The third-order valence-electron chi connectivity index (χ3n) is 6.66. The third kappa shape index (κ3) is 1.89. The lowest BCUT2D eigenvalue weighted by Gasteiger charge is -2.52. The summed E-state index contributed by atoms with van der Waals surface area (Å²) in [6.07, 6.45) is 8.56. The standard InChI is InChI=1S/C19H24N2OS/c1-2-5-15(6-3-1)17-16-7-9-18(13-16,19(17)8-4-10-20-19)21-11-12-22-14-23-21/h1-3,5-6,10,16-17H,4,7-9,11-14H2. The summed E-state index contributed by atoms with van der Waals surface area (Å²) in [5.41, 5.74) is 1.86. The molecular formula is C19H24N2OS. The third-order valence-corrected chi connectivity index (χ3v) is 7.78. The molecule has 2 bridgehead atoms. The van der Waals surface area contributed by atoms with Gasteiger partial charge in [0, 0.05) is 12.5 Å². The molecular weight excluding hydrogens is 304 g/mol. The van der Waals surface area contributed by atoms with E-state index in [0.29, 0.717) is 5.92 Å². The van der Waals surface area contributed by atoms with E-state index in [1.54, 1.807) is 0 Å². The van der Waals surface area contributed by atoms with Gasteiger partial charge in [-0.2, -0.15) is 0 Å². The van der Waals surface area contributed by atoms with Gasteiger partial charge in [-0.3, -0.25) is 4.99 Å². The fraction of sp³-hybridized carbons (Fsp3) is 0.632. The first-order valence-corrected chi connectivity index (χ1v) is 9.87. The van der Waals surface area contributed by atoms with Gasteiger partial charge in [0.15, 0.2) is 0 Å². The number of hydrogen-bond acceptors (Lipinski definition) is 4. The van der Waals surface area contributed by atoms with Gasteiger partial charge in [-0.25, -0.2) is 4.31 Å². The Balaban J connectivity index is 1.61. The number of hydrogen-bond donors (Lipinski definition) is 0. The monoisotopic (exact) mass is 328 g/mol. The maximum Gasteiger partial charge on any atom is 0.107 e. The fourth-order valence-corrected chi connectivity index (χ4v) is 7.04. The van der Waals surface area contributed by atoms with Crippen molar-refractivity contribution in [3.05, 3.63) is 35.9 Å². The van der Waals surface area contributed by atoms with E-state index in [0.717, 1.165) is 31.4 Å². The van der Waals surface area contributed by atoms with Crippen LogP contribution in [0.25, 0.3) is 0 Å². The van der Waals surface area contributed by atoms with Crippen LogP contribution in [0.3, 0.4) is 0 Å². The summed E-state index contributed by atoms with van der Waals surface area (Å²) in [6, 6.07) is 11.2. The second-order valence-electron chi connectivity index (χ2n) is 7.45. The molecule has 0 aromatic heterocycles. The first-order chi connectivity index (χ1) is 11.4. The largest absolute Gasteiger partial charge is 0.368 e. The smallest absolute Gasteiger partial charge is 0.107 e. The molecule has 0 amide bonds. The van der Waals surface area contributed by atoms with Crippen LogP contribution < -0.4 is 0 Å². The zero-order chi connectivity index (χ0) is 15.3. The molecule has 2 aliphatic heterocycles.